The fourth-order valence-corrected chi connectivity index (χ4v) is 2.93. The zero-order chi connectivity index (χ0) is 17.4. The first-order valence-electron chi connectivity index (χ1n) is 7.71. The third-order valence-corrected chi connectivity index (χ3v) is 4.24. The van der Waals surface area contributed by atoms with Crippen molar-refractivity contribution in [3.8, 4) is 11.3 Å². The van der Waals surface area contributed by atoms with Crippen molar-refractivity contribution in [3.05, 3.63) is 76.9 Å². The number of rotatable bonds is 3. The maximum Gasteiger partial charge on any atom is 0.291 e. The number of fused-ring (bicyclic) bond motifs is 1. The van der Waals surface area contributed by atoms with Gasteiger partial charge in [0, 0.05) is 23.6 Å². The molecule has 5 nitrogen and oxygen atoms in total. The maximum absolute atomic E-state index is 12.2. The van der Waals surface area contributed by atoms with Gasteiger partial charge in [0.15, 0.2) is 10.4 Å². The Morgan fingerprint density at radius 2 is 2.04 bits per heavy atom. The molecule has 1 N–H and O–H groups in total. The van der Waals surface area contributed by atoms with Crippen LogP contribution >= 0.6 is 15.9 Å². The van der Waals surface area contributed by atoms with Gasteiger partial charge in [-0.25, -0.2) is 4.98 Å². The summed E-state index contributed by atoms with van der Waals surface area (Å²) in [6, 6.07) is 14.9. The molecule has 0 bridgehead atoms. The molecule has 25 heavy (non-hydrogen) atoms. The molecule has 0 aliphatic rings. The molecule has 0 radical (unpaired) electrons. The van der Waals surface area contributed by atoms with Crippen LogP contribution < -0.4 is 5.32 Å². The van der Waals surface area contributed by atoms with E-state index in [1.54, 1.807) is 12.1 Å². The number of hydrogen-bond donors (Lipinski definition) is 1. The van der Waals surface area contributed by atoms with E-state index in [-0.39, 0.29) is 11.7 Å². The molecule has 3 aromatic heterocycles. The highest BCUT2D eigenvalue weighted by Crippen LogP contribution is 2.23. The molecule has 0 saturated heterocycles. The first-order chi connectivity index (χ1) is 12.1. The molecule has 0 saturated carbocycles. The minimum Gasteiger partial charge on any atom is -0.444 e. The van der Waals surface area contributed by atoms with E-state index < -0.39 is 0 Å². The molecule has 0 unspecified atom stereocenters. The number of anilines is 1. The number of nitrogens with zero attached hydrogens (tertiary/aromatic N) is 2. The molecule has 6 heteroatoms. The Hall–Kier alpha value is -2.86. The van der Waals surface area contributed by atoms with Crippen LogP contribution in [0.3, 0.4) is 0 Å². The normalized spacial score (nSPS) is 11.0. The van der Waals surface area contributed by atoms with Crippen LogP contribution in [-0.2, 0) is 0 Å². The lowest BCUT2D eigenvalue weighted by Crippen LogP contribution is -2.10. The minimum absolute atomic E-state index is 0.250. The Bertz CT molecular complexity index is 1080. The van der Waals surface area contributed by atoms with Gasteiger partial charge in [0.2, 0.25) is 0 Å². The monoisotopic (exact) mass is 395 g/mol. The second-order valence-electron chi connectivity index (χ2n) is 5.74. The summed E-state index contributed by atoms with van der Waals surface area (Å²) in [6.07, 6.45) is 4.01. The number of furan rings is 1. The van der Waals surface area contributed by atoms with Crippen molar-refractivity contribution in [2.75, 3.05) is 5.32 Å². The van der Waals surface area contributed by atoms with Crippen LogP contribution in [0.2, 0.25) is 0 Å². The van der Waals surface area contributed by atoms with Crippen molar-refractivity contribution in [2.45, 2.75) is 6.92 Å². The number of benzene rings is 1. The second-order valence-corrected chi connectivity index (χ2v) is 6.52. The molecule has 0 aliphatic carbocycles. The van der Waals surface area contributed by atoms with Crippen LogP contribution in [0.5, 0.6) is 0 Å². The molecular weight excluding hydrogens is 382 g/mol. The van der Waals surface area contributed by atoms with Crippen molar-refractivity contribution < 1.29 is 9.21 Å². The van der Waals surface area contributed by atoms with Crippen LogP contribution in [0.25, 0.3) is 16.9 Å². The van der Waals surface area contributed by atoms with Gasteiger partial charge < -0.3 is 14.1 Å². The topological polar surface area (TPSA) is 59.5 Å². The highest BCUT2D eigenvalue weighted by Gasteiger charge is 2.12. The highest BCUT2D eigenvalue weighted by molar-refractivity contribution is 9.10. The van der Waals surface area contributed by atoms with E-state index in [0.717, 1.165) is 16.9 Å². The second kappa shape index (κ2) is 6.22. The van der Waals surface area contributed by atoms with Gasteiger partial charge in [-0.1, -0.05) is 18.2 Å². The number of carbonyl (C=O) groups excluding carboxylic acids is 1. The van der Waals surface area contributed by atoms with Crippen molar-refractivity contribution in [1.82, 2.24) is 9.38 Å². The van der Waals surface area contributed by atoms with Gasteiger partial charge in [0.25, 0.3) is 5.91 Å². The lowest BCUT2D eigenvalue weighted by molar-refractivity contribution is 0.0995. The summed E-state index contributed by atoms with van der Waals surface area (Å²) in [7, 11) is 0. The first kappa shape index (κ1) is 15.7. The van der Waals surface area contributed by atoms with Crippen molar-refractivity contribution in [3.63, 3.8) is 0 Å². The Balaban J connectivity index is 1.63. The summed E-state index contributed by atoms with van der Waals surface area (Å²) >= 11 is 3.19. The molecule has 1 amide bonds. The average molecular weight is 396 g/mol. The number of nitrogens with one attached hydrogen (secondary N) is 1. The van der Waals surface area contributed by atoms with E-state index >= 15 is 0 Å². The summed E-state index contributed by atoms with van der Waals surface area (Å²) in [5.41, 5.74) is 4.52. The van der Waals surface area contributed by atoms with Gasteiger partial charge in [-0.15, -0.1) is 0 Å². The predicted octanol–water partition coefficient (Wildman–Crippen LogP) is 4.92. The first-order valence-corrected chi connectivity index (χ1v) is 8.50. The lowest BCUT2D eigenvalue weighted by Gasteiger charge is -2.05. The zero-order valence-electron chi connectivity index (χ0n) is 13.4. The number of aryl methyl sites for hydroxylation is 1. The van der Waals surface area contributed by atoms with Crippen molar-refractivity contribution in [1.29, 1.82) is 0 Å². The minimum atomic E-state index is -0.298. The quantitative estimate of drug-likeness (QED) is 0.535. The van der Waals surface area contributed by atoms with E-state index in [1.165, 1.54) is 5.56 Å². The van der Waals surface area contributed by atoms with Crippen LogP contribution in [0.4, 0.5) is 5.69 Å². The fraction of sp³-hybridized carbons (Fsp3) is 0.0526. The number of imidazole rings is 1. The maximum atomic E-state index is 12.2. The van der Waals surface area contributed by atoms with E-state index in [9.17, 15) is 4.79 Å². The number of amides is 1. The van der Waals surface area contributed by atoms with E-state index in [2.05, 4.69) is 26.2 Å². The third-order valence-electron chi connectivity index (χ3n) is 3.81. The highest BCUT2D eigenvalue weighted by atomic mass is 79.9. The van der Waals surface area contributed by atoms with Crippen LogP contribution in [0, 0.1) is 6.92 Å². The van der Waals surface area contributed by atoms with E-state index in [0.29, 0.717) is 10.4 Å². The number of carbonyl (C=O) groups is 1. The van der Waals surface area contributed by atoms with Crippen molar-refractivity contribution in [2.24, 2.45) is 0 Å². The molecule has 0 aliphatic heterocycles. The molecule has 1 aromatic carbocycles. The summed E-state index contributed by atoms with van der Waals surface area (Å²) < 4.78 is 7.79. The molecule has 3 heterocycles. The number of halogens is 1. The third kappa shape index (κ3) is 3.21. The van der Waals surface area contributed by atoms with E-state index in [1.807, 2.05) is 60.1 Å². The summed E-state index contributed by atoms with van der Waals surface area (Å²) in [5.74, 6) is -0.0473. The molecule has 124 valence electrons. The summed E-state index contributed by atoms with van der Waals surface area (Å²) in [6.45, 7) is 2.04. The Kier molecular flexibility index (Phi) is 3.89. The molecule has 4 aromatic rings. The van der Waals surface area contributed by atoms with Gasteiger partial charge in [-0.3, -0.25) is 4.79 Å². The standard InChI is InChI=1S/C19H14BrN3O2/c1-12-5-8-18-22-15(11-23(18)10-12)13-3-2-4-14(9-13)21-19(24)16-6-7-17(20)25-16/h2-11H,1H3,(H,21,24). The van der Waals surface area contributed by atoms with Gasteiger partial charge in [0.05, 0.1) is 5.69 Å². The van der Waals surface area contributed by atoms with Crippen LogP contribution in [0.15, 0.2) is 70.0 Å². The predicted molar refractivity (Wildman–Crippen MR) is 99.7 cm³/mol. The number of hydrogen-bond acceptors (Lipinski definition) is 3. The Morgan fingerprint density at radius 1 is 1.16 bits per heavy atom. The van der Waals surface area contributed by atoms with Crippen molar-refractivity contribution >= 4 is 33.2 Å². The largest absolute Gasteiger partial charge is 0.444 e. The molecule has 0 fully saturated rings. The molecule has 0 spiro atoms. The fourth-order valence-electron chi connectivity index (χ4n) is 2.63. The lowest BCUT2D eigenvalue weighted by atomic mass is 10.1. The summed E-state index contributed by atoms with van der Waals surface area (Å²) in [5, 5.41) is 2.84. The zero-order valence-corrected chi connectivity index (χ0v) is 14.9. The molecular formula is C19H14BrN3O2. The molecule has 0 atom stereocenters. The van der Waals surface area contributed by atoms with Gasteiger partial charge >= 0.3 is 0 Å². The smallest absolute Gasteiger partial charge is 0.291 e. The van der Waals surface area contributed by atoms with Gasteiger partial charge in [0.1, 0.15) is 5.65 Å². The van der Waals surface area contributed by atoms with Gasteiger partial charge in [-0.2, -0.15) is 0 Å². The van der Waals surface area contributed by atoms with Gasteiger partial charge in [-0.05, 0) is 58.7 Å². The number of aromatic nitrogens is 2. The Morgan fingerprint density at radius 3 is 2.84 bits per heavy atom. The average Bonchev–Trinajstić information content (AvgIpc) is 3.21. The van der Waals surface area contributed by atoms with Crippen LogP contribution in [0.1, 0.15) is 16.1 Å². The Labute approximate surface area is 152 Å². The van der Waals surface area contributed by atoms with Crippen LogP contribution in [-0.4, -0.2) is 15.3 Å². The number of pyridine rings is 1. The van der Waals surface area contributed by atoms with E-state index in [4.69, 9.17) is 4.42 Å². The SMILES string of the molecule is Cc1ccc2nc(-c3cccc(NC(=O)c4ccc(Br)o4)c3)cn2c1. The molecule has 4 rings (SSSR count). The summed E-state index contributed by atoms with van der Waals surface area (Å²) in [4.78, 5) is 16.8.